The first-order valence-electron chi connectivity index (χ1n) is 6.64. The number of rotatable bonds is 2. The van der Waals surface area contributed by atoms with Crippen LogP contribution in [0.2, 0.25) is 0 Å². The van der Waals surface area contributed by atoms with Crippen LogP contribution >= 0.6 is 0 Å². The molecule has 0 unspecified atom stereocenters. The van der Waals surface area contributed by atoms with Gasteiger partial charge < -0.3 is 14.7 Å². The fourth-order valence-electron chi connectivity index (χ4n) is 2.72. The third-order valence-electron chi connectivity index (χ3n) is 3.76. The van der Waals surface area contributed by atoms with Gasteiger partial charge >= 0.3 is 0 Å². The van der Waals surface area contributed by atoms with Gasteiger partial charge in [-0.05, 0) is 25.0 Å². The molecule has 0 bridgehead atoms. The number of ether oxygens (including phenoxy) is 1. The molecule has 2 heterocycles. The molecule has 1 aromatic carbocycles. The molecule has 1 N–H and O–H groups in total. The van der Waals surface area contributed by atoms with Crippen molar-refractivity contribution in [2.75, 3.05) is 19.8 Å². The van der Waals surface area contributed by atoms with Crippen LogP contribution in [-0.2, 0) is 4.79 Å². The quantitative estimate of drug-likeness (QED) is 0.874. The smallest absolute Gasteiger partial charge is 0.253 e. The Morgan fingerprint density at radius 1 is 1.42 bits per heavy atom. The van der Waals surface area contributed by atoms with Crippen LogP contribution in [0.15, 0.2) is 29.8 Å². The molecule has 19 heavy (non-hydrogen) atoms. The van der Waals surface area contributed by atoms with Crippen molar-refractivity contribution in [3.05, 3.63) is 35.4 Å². The van der Waals surface area contributed by atoms with E-state index in [-0.39, 0.29) is 18.6 Å². The summed E-state index contributed by atoms with van der Waals surface area (Å²) in [7, 11) is 0. The van der Waals surface area contributed by atoms with Gasteiger partial charge in [0.2, 0.25) is 0 Å². The van der Waals surface area contributed by atoms with Gasteiger partial charge in [0.05, 0.1) is 18.2 Å². The number of nitrogens with zero attached hydrogens (tertiary/aromatic N) is 1. The fraction of sp³-hybridized carbons (Fsp3) is 0.400. The summed E-state index contributed by atoms with van der Waals surface area (Å²) in [6, 6.07) is 7.65. The van der Waals surface area contributed by atoms with Crippen LogP contribution < -0.4 is 4.74 Å². The van der Waals surface area contributed by atoms with Crippen LogP contribution in [0.25, 0.3) is 6.08 Å². The third-order valence-corrected chi connectivity index (χ3v) is 3.76. The zero-order valence-corrected chi connectivity index (χ0v) is 10.7. The van der Waals surface area contributed by atoms with Crippen molar-refractivity contribution in [3.63, 3.8) is 0 Å². The minimum atomic E-state index is -0.0365. The lowest BCUT2D eigenvalue weighted by Crippen LogP contribution is -2.39. The molecule has 1 atom stereocenters. The minimum Gasteiger partial charge on any atom is -0.488 e. The van der Waals surface area contributed by atoms with Crippen LogP contribution in [0.5, 0.6) is 5.75 Å². The SMILES string of the molecule is O=C(C1=Cc2ccccc2OC1)N1CCC[C@@H]1CO. The number of benzene rings is 1. The summed E-state index contributed by atoms with van der Waals surface area (Å²) in [4.78, 5) is 14.2. The van der Waals surface area contributed by atoms with Gasteiger partial charge in [0.1, 0.15) is 12.4 Å². The van der Waals surface area contributed by atoms with E-state index in [0.29, 0.717) is 12.2 Å². The van der Waals surface area contributed by atoms with E-state index in [0.717, 1.165) is 30.7 Å². The number of fused-ring (bicyclic) bond motifs is 1. The minimum absolute atomic E-state index is 0.00828. The molecule has 0 radical (unpaired) electrons. The Balaban J connectivity index is 1.84. The lowest BCUT2D eigenvalue weighted by molar-refractivity contribution is -0.128. The highest BCUT2D eigenvalue weighted by molar-refractivity contribution is 5.99. The molecule has 1 amide bonds. The number of aliphatic hydroxyl groups is 1. The second kappa shape index (κ2) is 5.05. The number of carbonyl (C=O) groups excluding carboxylic acids is 1. The molecule has 0 saturated carbocycles. The van der Waals surface area contributed by atoms with Crippen molar-refractivity contribution in [2.45, 2.75) is 18.9 Å². The highest BCUT2D eigenvalue weighted by atomic mass is 16.5. The van der Waals surface area contributed by atoms with Crippen molar-refractivity contribution in [1.82, 2.24) is 4.90 Å². The summed E-state index contributed by atoms with van der Waals surface area (Å²) in [5.41, 5.74) is 1.61. The lowest BCUT2D eigenvalue weighted by Gasteiger charge is -2.26. The normalized spacial score (nSPS) is 21.6. The second-order valence-corrected chi connectivity index (χ2v) is 4.97. The van der Waals surface area contributed by atoms with Gasteiger partial charge in [-0.3, -0.25) is 4.79 Å². The van der Waals surface area contributed by atoms with Crippen molar-refractivity contribution < 1.29 is 14.6 Å². The van der Waals surface area contributed by atoms with Crippen LogP contribution in [0.4, 0.5) is 0 Å². The molecule has 1 aromatic rings. The van der Waals surface area contributed by atoms with Crippen LogP contribution in [0.3, 0.4) is 0 Å². The predicted molar refractivity (Wildman–Crippen MR) is 71.7 cm³/mol. The lowest BCUT2D eigenvalue weighted by atomic mass is 10.1. The van der Waals surface area contributed by atoms with E-state index in [2.05, 4.69) is 0 Å². The Hall–Kier alpha value is -1.81. The maximum atomic E-state index is 12.4. The average Bonchev–Trinajstić information content (AvgIpc) is 2.94. The van der Waals surface area contributed by atoms with Gasteiger partial charge in [0, 0.05) is 12.1 Å². The molecule has 4 heteroatoms. The Bertz CT molecular complexity index is 524. The fourth-order valence-corrected chi connectivity index (χ4v) is 2.72. The first-order chi connectivity index (χ1) is 9.29. The molecule has 1 saturated heterocycles. The number of para-hydroxylation sites is 1. The predicted octanol–water partition coefficient (Wildman–Crippen LogP) is 1.45. The van der Waals surface area contributed by atoms with E-state index >= 15 is 0 Å². The molecule has 0 aliphatic carbocycles. The summed E-state index contributed by atoms with van der Waals surface area (Å²) < 4.78 is 5.61. The van der Waals surface area contributed by atoms with Gasteiger partial charge in [0.25, 0.3) is 5.91 Å². The van der Waals surface area contributed by atoms with Crippen molar-refractivity contribution in [3.8, 4) is 5.75 Å². The molecule has 0 aromatic heterocycles. The van der Waals surface area contributed by atoms with E-state index in [1.54, 1.807) is 4.90 Å². The zero-order chi connectivity index (χ0) is 13.2. The summed E-state index contributed by atoms with van der Waals surface area (Å²) in [6.45, 7) is 1.07. The highest BCUT2D eigenvalue weighted by Crippen LogP contribution is 2.28. The Morgan fingerprint density at radius 3 is 3.11 bits per heavy atom. The molecule has 1 fully saturated rings. The standard InChI is InChI=1S/C15H17NO3/c17-9-13-5-3-7-16(13)15(18)12-8-11-4-1-2-6-14(11)19-10-12/h1-2,4,6,8,13,17H,3,5,7,9-10H2/t13-/m1/s1. The van der Waals surface area contributed by atoms with Crippen molar-refractivity contribution in [1.29, 1.82) is 0 Å². The topological polar surface area (TPSA) is 49.8 Å². The van der Waals surface area contributed by atoms with E-state index in [4.69, 9.17) is 4.74 Å². The first-order valence-corrected chi connectivity index (χ1v) is 6.64. The molecule has 2 aliphatic heterocycles. The molecule has 2 aliphatic rings. The monoisotopic (exact) mass is 259 g/mol. The van der Waals surface area contributed by atoms with E-state index in [1.165, 1.54) is 0 Å². The maximum Gasteiger partial charge on any atom is 0.253 e. The molecule has 100 valence electrons. The number of hydrogen-bond acceptors (Lipinski definition) is 3. The largest absolute Gasteiger partial charge is 0.488 e. The van der Waals surface area contributed by atoms with Gasteiger partial charge in [-0.1, -0.05) is 18.2 Å². The Labute approximate surface area is 112 Å². The summed E-state index contributed by atoms with van der Waals surface area (Å²) in [5.74, 6) is 0.810. The van der Waals surface area contributed by atoms with Gasteiger partial charge in [-0.25, -0.2) is 0 Å². The Kier molecular flexibility index (Phi) is 3.25. The van der Waals surface area contributed by atoms with Crippen molar-refractivity contribution >= 4 is 12.0 Å². The van der Waals surface area contributed by atoms with E-state index < -0.39 is 0 Å². The van der Waals surface area contributed by atoms with Crippen molar-refractivity contribution in [2.24, 2.45) is 0 Å². The van der Waals surface area contributed by atoms with Crippen LogP contribution in [0.1, 0.15) is 18.4 Å². The summed E-state index contributed by atoms with van der Waals surface area (Å²) in [5, 5.41) is 9.30. The van der Waals surface area contributed by atoms with E-state index in [9.17, 15) is 9.90 Å². The highest BCUT2D eigenvalue weighted by Gasteiger charge is 2.31. The second-order valence-electron chi connectivity index (χ2n) is 4.97. The van der Waals surface area contributed by atoms with Gasteiger partial charge in [-0.15, -0.1) is 0 Å². The molecule has 0 spiro atoms. The van der Waals surface area contributed by atoms with Gasteiger partial charge in [-0.2, -0.15) is 0 Å². The summed E-state index contributed by atoms with van der Waals surface area (Å²) in [6.07, 6.45) is 3.74. The van der Waals surface area contributed by atoms with Crippen LogP contribution in [-0.4, -0.2) is 41.7 Å². The number of carbonyl (C=O) groups is 1. The summed E-state index contributed by atoms with van der Waals surface area (Å²) >= 11 is 0. The first kappa shape index (κ1) is 12.2. The number of amides is 1. The van der Waals surface area contributed by atoms with E-state index in [1.807, 2.05) is 30.3 Å². The third kappa shape index (κ3) is 2.24. The number of likely N-dealkylation sites (tertiary alicyclic amines) is 1. The average molecular weight is 259 g/mol. The number of hydrogen-bond donors (Lipinski definition) is 1. The number of aliphatic hydroxyl groups excluding tert-OH is 1. The zero-order valence-electron chi connectivity index (χ0n) is 10.7. The maximum absolute atomic E-state index is 12.4. The Morgan fingerprint density at radius 2 is 2.26 bits per heavy atom. The molecular weight excluding hydrogens is 242 g/mol. The molecular formula is C15H17NO3. The van der Waals surface area contributed by atoms with Gasteiger partial charge in [0.15, 0.2) is 0 Å². The molecule has 4 nitrogen and oxygen atoms in total. The molecule has 3 rings (SSSR count). The van der Waals surface area contributed by atoms with Crippen LogP contribution in [0, 0.1) is 0 Å².